The van der Waals surface area contributed by atoms with E-state index in [0.717, 1.165) is 17.3 Å². The Morgan fingerprint density at radius 1 is 1.69 bits per heavy atom. The Balaban J connectivity index is 1.82. The van der Waals surface area contributed by atoms with Gasteiger partial charge >= 0.3 is 6.03 Å². The van der Waals surface area contributed by atoms with E-state index in [-0.39, 0.29) is 6.03 Å². The maximum atomic E-state index is 11.8. The van der Waals surface area contributed by atoms with Gasteiger partial charge in [0.25, 0.3) is 0 Å². The summed E-state index contributed by atoms with van der Waals surface area (Å²) in [5.41, 5.74) is 0. The molecular weight excluding hydrogens is 288 g/mol. The Labute approximate surface area is 108 Å². The number of amides is 2. The molecule has 88 valence electrons. The summed E-state index contributed by atoms with van der Waals surface area (Å²) in [5.74, 6) is 0. The van der Waals surface area contributed by atoms with Crippen LogP contribution >= 0.6 is 27.3 Å². The van der Waals surface area contributed by atoms with E-state index in [2.05, 4.69) is 27.3 Å². The number of carbonyl (C=O) groups excluding carboxylic acids is 1. The first-order valence-corrected chi connectivity index (χ1v) is 7.07. The van der Waals surface area contributed by atoms with E-state index < -0.39 is 0 Å². The fourth-order valence-corrected chi connectivity index (χ4v) is 3.08. The summed E-state index contributed by atoms with van der Waals surface area (Å²) in [6, 6.07) is 2.50. The van der Waals surface area contributed by atoms with Crippen molar-refractivity contribution >= 4 is 33.3 Å². The average Bonchev–Trinajstić information content (AvgIpc) is 2.57. The summed E-state index contributed by atoms with van der Waals surface area (Å²) in [6.45, 7) is 0.675. The molecule has 16 heavy (non-hydrogen) atoms. The molecule has 0 saturated heterocycles. The highest BCUT2D eigenvalue weighted by atomic mass is 79.9. The second-order valence-corrected chi connectivity index (χ2v) is 6.08. The highest BCUT2D eigenvalue weighted by molar-refractivity contribution is 9.10. The van der Waals surface area contributed by atoms with Crippen LogP contribution in [-0.4, -0.2) is 24.0 Å². The minimum atomic E-state index is 0.0363. The van der Waals surface area contributed by atoms with Crippen LogP contribution in [0, 0.1) is 0 Å². The normalized spacial score (nSPS) is 15.6. The summed E-state index contributed by atoms with van der Waals surface area (Å²) in [4.78, 5) is 14.7. The van der Waals surface area contributed by atoms with Crippen LogP contribution in [0.2, 0.25) is 0 Å². The van der Waals surface area contributed by atoms with Gasteiger partial charge in [0.1, 0.15) is 0 Å². The highest BCUT2D eigenvalue weighted by Gasteiger charge is 2.21. The van der Waals surface area contributed by atoms with Crippen LogP contribution in [0.4, 0.5) is 4.79 Å². The van der Waals surface area contributed by atoms with Gasteiger partial charge in [0.15, 0.2) is 0 Å². The van der Waals surface area contributed by atoms with Crippen LogP contribution in [0.3, 0.4) is 0 Å². The summed E-state index contributed by atoms with van der Waals surface area (Å²) in [5, 5.41) is 5.06. The first-order chi connectivity index (χ1) is 7.65. The molecule has 1 aromatic heterocycles. The number of nitrogens with one attached hydrogen (secondary N) is 1. The third-order valence-corrected chi connectivity index (χ3v) is 4.48. The molecule has 1 saturated carbocycles. The van der Waals surface area contributed by atoms with Crippen molar-refractivity contribution in [1.82, 2.24) is 10.2 Å². The molecule has 2 amide bonds. The van der Waals surface area contributed by atoms with Gasteiger partial charge in [-0.25, -0.2) is 4.79 Å². The Bertz CT molecular complexity index is 376. The predicted molar refractivity (Wildman–Crippen MR) is 69.7 cm³/mol. The number of urea groups is 1. The smallest absolute Gasteiger partial charge is 0.317 e. The SMILES string of the molecule is CN(Cc1cc(Br)cs1)C(=O)NC1CCC1. The van der Waals surface area contributed by atoms with Crippen LogP contribution in [0.25, 0.3) is 0 Å². The molecule has 1 N–H and O–H groups in total. The number of nitrogens with zero attached hydrogens (tertiary/aromatic N) is 1. The van der Waals surface area contributed by atoms with E-state index in [9.17, 15) is 4.79 Å². The molecule has 1 aromatic rings. The fraction of sp³-hybridized carbons (Fsp3) is 0.545. The third kappa shape index (κ3) is 2.98. The van der Waals surface area contributed by atoms with Gasteiger partial charge in [-0.05, 0) is 41.3 Å². The van der Waals surface area contributed by atoms with Crippen LogP contribution in [-0.2, 0) is 6.54 Å². The lowest BCUT2D eigenvalue weighted by Gasteiger charge is -2.28. The lowest BCUT2D eigenvalue weighted by atomic mass is 9.93. The monoisotopic (exact) mass is 302 g/mol. The molecule has 0 radical (unpaired) electrons. The molecule has 1 heterocycles. The van der Waals surface area contributed by atoms with Gasteiger partial charge in [0.05, 0.1) is 6.54 Å². The Hall–Kier alpha value is -0.550. The minimum absolute atomic E-state index is 0.0363. The Morgan fingerprint density at radius 3 is 2.94 bits per heavy atom. The van der Waals surface area contributed by atoms with Gasteiger partial charge in [-0.1, -0.05) is 0 Å². The first-order valence-electron chi connectivity index (χ1n) is 5.39. The van der Waals surface area contributed by atoms with Crippen molar-refractivity contribution in [3.63, 3.8) is 0 Å². The average molecular weight is 303 g/mol. The third-order valence-electron chi connectivity index (χ3n) is 2.79. The lowest BCUT2D eigenvalue weighted by Crippen LogP contribution is -2.45. The molecule has 3 nitrogen and oxygen atoms in total. The van der Waals surface area contributed by atoms with E-state index in [4.69, 9.17) is 0 Å². The standard InChI is InChI=1S/C11H15BrN2OS/c1-14(6-10-5-8(12)7-16-10)11(15)13-9-3-2-4-9/h5,7,9H,2-4,6H2,1H3,(H,13,15). The van der Waals surface area contributed by atoms with Gasteiger partial charge < -0.3 is 10.2 Å². The number of carbonyl (C=O) groups is 1. The van der Waals surface area contributed by atoms with E-state index >= 15 is 0 Å². The number of halogens is 1. The molecule has 0 spiro atoms. The van der Waals surface area contributed by atoms with Crippen molar-refractivity contribution < 1.29 is 4.79 Å². The van der Waals surface area contributed by atoms with Crippen LogP contribution in [0.5, 0.6) is 0 Å². The van der Waals surface area contributed by atoms with Crippen molar-refractivity contribution in [3.05, 3.63) is 20.8 Å². The molecule has 2 rings (SSSR count). The molecular formula is C11H15BrN2OS. The second-order valence-electron chi connectivity index (χ2n) is 4.16. The van der Waals surface area contributed by atoms with Crippen molar-refractivity contribution in [3.8, 4) is 0 Å². The van der Waals surface area contributed by atoms with Gasteiger partial charge in [0, 0.05) is 27.8 Å². The highest BCUT2D eigenvalue weighted by Crippen LogP contribution is 2.21. The van der Waals surface area contributed by atoms with E-state index in [1.165, 1.54) is 11.3 Å². The molecule has 0 bridgehead atoms. The van der Waals surface area contributed by atoms with Crippen molar-refractivity contribution in [2.24, 2.45) is 0 Å². The lowest BCUT2D eigenvalue weighted by molar-refractivity contribution is 0.195. The molecule has 0 aromatic carbocycles. The Kier molecular flexibility index (Phi) is 3.86. The molecule has 1 fully saturated rings. The van der Waals surface area contributed by atoms with Crippen molar-refractivity contribution in [1.29, 1.82) is 0 Å². The topological polar surface area (TPSA) is 32.3 Å². The van der Waals surface area contributed by atoms with Gasteiger partial charge in [0.2, 0.25) is 0 Å². The molecule has 0 aliphatic heterocycles. The fourth-order valence-electron chi connectivity index (χ4n) is 1.58. The van der Waals surface area contributed by atoms with Crippen molar-refractivity contribution in [2.75, 3.05) is 7.05 Å². The number of thiophene rings is 1. The predicted octanol–water partition coefficient (Wildman–Crippen LogP) is 3.20. The largest absolute Gasteiger partial charge is 0.335 e. The Morgan fingerprint density at radius 2 is 2.44 bits per heavy atom. The number of hydrogen-bond donors (Lipinski definition) is 1. The molecule has 0 atom stereocenters. The van der Waals surface area contributed by atoms with Crippen LogP contribution < -0.4 is 5.32 Å². The van der Waals surface area contributed by atoms with Crippen LogP contribution in [0.15, 0.2) is 15.9 Å². The molecule has 1 aliphatic rings. The first kappa shape index (κ1) is 11.9. The zero-order valence-electron chi connectivity index (χ0n) is 9.20. The molecule has 5 heteroatoms. The maximum Gasteiger partial charge on any atom is 0.317 e. The summed E-state index contributed by atoms with van der Waals surface area (Å²) < 4.78 is 1.08. The van der Waals surface area contributed by atoms with Crippen LogP contribution in [0.1, 0.15) is 24.1 Å². The molecule has 1 aliphatic carbocycles. The molecule has 0 unspecified atom stereocenters. The van der Waals surface area contributed by atoms with Crippen molar-refractivity contribution in [2.45, 2.75) is 31.8 Å². The van der Waals surface area contributed by atoms with E-state index in [0.29, 0.717) is 12.6 Å². The van der Waals surface area contributed by atoms with Gasteiger partial charge in [-0.15, -0.1) is 11.3 Å². The number of hydrogen-bond acceptors (Lipinski definition) is 2. The van der Waals surface area contributed by atoms with E-state index in [1.54, 1.807) is 16.2 Å². The van der Waals surface area contributed by atoms with Gasteiger partial charge in [-0.2, -0.15) is 0 Å². The zero-order valence-corrected chi connectivity index (χ0v) is 11.6. The second kappa shape index (κ2) is 5.19. The number of rotatable bonds is 3. The summed E-state index contributed by atoms with van der Waals surface area (Å²) in [6.07, 6.45) is 3.50. The van der Waals surface area contributed by atoms with E-state index in [1.807, 2.05) is 12.4 Å². The summed E-state index contributed by atoms with van der Waals surface area (Å²) >= 11 is 5.08. The summed E-state index contributed by atoms with van der Waals surface area (Å²) in [7, 11) is 1.83. The zero-order chi connectivity index (χ0) is 11.5. The minimum Gasteiger partial charge on any atom is -0.335 e. The van der Waals surface area contributed by atoms with Gasteiger partial charge in [-0.3, -0.25) is 0 Å². The maximum absolute atomic E-state index is 11.8. The quantitative estimate of drug-likeness (QED) is 0.913.